The van der Waals surface area contributed by atoms with E-state index in [1.807, 2.05) is 6.07 Å². The van der Waals surface area contributed by atoms with E-state index >= 15 is 0 Å². The van der Waals surface area contributed by atoms with Gasteiger partial charge in [0.25, 0.3) is 0 Å². The minimum Gasteiger partial charge on any atom is -0.478 e. The van der Waals surface area contributed by atoms with Gasteiger partial charge in [0.15, 0.2) is 5.60 Å². The quantitative estimate of drug-likeness (QED) is 0.403. The molecule has 3 aromatic rings. The van der Waals surface area contributed by atoms with Crippen LogP contribution in [0.2, 0.25) is 10.0 Å². The Morgan fingerprint density at radius 1 is 1.12 bits per heavy atom. The normalized spacial score (nSPS) is 14.1. The molecule has 6 nitrogen and oxygen atoms in total. The zero-order chi connectivity index (χ0) is 25.3. The van der Waals surface area contributed by atoms with Gasteiger partial charge in [-0.3, -0.25) is 0 Å². The number of aliphatic hydroxyl groups is 1. The third-order valence-electron chi connectivity index (χ3n) is 5.22. The molecule has 0 aliphatic carbocycles. The first kappa shape index (κ1) is 25.3. The Morgan fingerprint density at radius 2 is 1.76 bits per heavy atom. The Kier molecular flexibility index (Phi) is 7.07. The first-order valence-electron chi connectivity index (χ1n) is 9.54. The van der Waals surface area contributed by atoms with E-state index in [2.05, 4.69) is 4.98 Å². The molecule has 2 atom stereocenters. The molecule has 11 heteroatoms. The summed E-state index contributed by atoms with van der Waals surface area (Å²) in [5, 5.41) is 28.5. The van der Waals surface area contributed by atoms with Crippen LogP contribution in [0.1, 0.15) is 39.9 Å². The first-order chi connectivity index (χ1) is 15.9. The van der Waals surface area contributed by atoms with Crippen LogP contribution in [0.4, 0.5) is 13.2 Å². The van der Waals surface area contributed by atoms with Gasteiger partial charge >= 0.3 is 12.1 Å². The van der Waals surface area contributed by atoms with E-state index in [4.69, 9.17) is 38.3 Å². The number of carbonyl (C=O) groups is 1. The van der Waals surface area contributed by atoms with Crippen molar-refractivity contribution in [1.82, 2.24) is 4.98 Å². The van der Waals surface area contributed by atoms with Crippen LogP contribution in [-0.4, -0.2) is 27.3 Å². The number of aromatic nitrogens is 1. The molecular formula is C23H15Cl2F3N2O4. The van der Waals surface area contributed by atoms with Gasteiger partial charge in [0.2, 0.25) is 5.88 Å². The minimum atomic E-state index is -5.07. The van der Waals surface area contributed by atoms with Gasteiger partial charge in [0.05, 0.1) is 17.2 Å². The molecule has 0 saturated heterocycles. The van der Waals surface area contributed by atoms with Crippen molar-refractivity contribution >= 4 is 29.2 Å². The van der Waals surface area contributed by atoms with Gasteiger partial charge in [-0.15, -0.1) is 0 Å². The molecule has 1 heterocycles. The molecule has 0 radical (unpaired) electrons. The summed E-state index contributed by atoms with van der Waals surface area (Å²) in [6.07, 6.45) is -4.04. The smallest absolute Gasteiger partial charge is 0.422 e. The fourth-order valence-electron chi connectivity index (χ4n) is 3.33. The average molecular weight is 511 g/mol. The van der Waals surface area contributed by atoms with Crippen molar-refractivity contribution in [2.24, 2.45) is 0 Å². The van der Waals surface area contributed by atoms with Crippen molar-refractivity contribution in [3.05, 3.63) is 87.0 Å². The van der Waals surface area contributed by atoms with Crippen molar-refractivity contribution in [3.8, 4) is 17.7 Å². The van der Waals surface area contributed by atoms with E-state index in [1.54, 1.807) is 0 Å². The van der Waals surface area contributed by atoms with Crippen molar-refractivity contribution in [3.63, 3.8) is 0 Å². The number of hydrogen-bond acceptors (Lipinski definition) is 5. The summed E-state index contributed by atoms with van der Waals surface area (Å²) in [5.41, 5.74) is -3.78. The minimum absolute atomic E-state index is 0.0153. The highest BCUT2D eigenvalue weighted by atomic mass is 35.5. The number of nitrogens with zero attached hydrogens (tertiary/aromatic N) is 2. The number of pyridine rings is 1. The lowest BCUT2D eigenvalue weighted by Gasteiger charge is -2.37. The van der Waals surface area contributed by atoms with E-state index < -0.39 is 29.2 Å². The Morgan fingerprint density at radius 3 is 2.26 bits per heavy atom. The molecule has 2 N–H and O–H groups in total. The van der Waals surface area contributed by atoms with Crippen LogP contribution in [0.3, 0.4) is 0 Å². The number of halogens is 5. The number of aromatic carboxylic acids is 1. The van der Waals surface area contributed by atoms with Crippen LogP contribution in [0, 0.1) is 11.3 Å². The molecule has 176 valence electrons. The largest absolute Gasteiger partial charge is 0.478 e. The molecule has 0 fully saturated rings. The van der Waals surface area contributed by atoms with Gasteiger partial charge in [-0.05, 0) is 41.5 Å². The number of nitriles is 1. The standard InChI is InChI=1S/C23H15Cl2F3N2O4/c1-12(22(33,23(26,27)28)15-4-2-13(10-29)3-5-15)17-7-6-16(9-18(17)24)34-20-19(25)8-14(11-30-20)21(31)32/h2-9,11-12,33H,1H3,(H,31,32)/t12-,22-/m1/s1. The summed E-state index contributed by atoms with van der Waals surface area (Å²) in [5.74, 6) is -2.83. The van der Waals surface area contributed by atoms with Gasteiger partial charge < -0.3 is 14.9 Å². The zero-order valence-electron chi connectivity index (χ0n) is 17.3. The summed E-state index contributed by atoms with van der Waals surface area (Å²) >= 11 is 12.2. The van der Waals surface area contributed by atoms with Gasteiger partial charge in [-0.1, -0.05) is 48.3 Å². The van der Waals surface area contributed by atoms with Crippen LogP contribution < -0.4 is 4.74 Å². The van der Waals surface area contributed by atoms with E-state index in [-0.39, 0.29) is 38.4 Å². The molecular weight excluding hydrogens is 496 g/mol. The lowest BCUT2D eigenvalue weighted by Crippen LogP contribution is -2.46. The highest BCUT2D eigenvalue weighted by molar-refractivity contribution is 6.32. The second-order valence-corrected chi connectivity index (χ2v) is 8.09. The second kappa shape index (κ2) is 9.50. The molecule has 2 aromatic carbocycles. The summed E-state index contributed by atoms with van der Waals surface area (Å²) < 4.78 is 47.8. The SMILES string of the molecule is C[C@H](c1ccc(Oc2ncc(C(=O)O)cc2Cl)cc1Cl)[C@@](O)(c1ccc(C#N)cc1)C(F)(F)F. The van der Waals surface area contributed by atoms with Crippen molar-refractivity contribution < 1.29 is 32.9 Å². The maximum Gasteiger partial charge on any atom is 0.422 e. The molecule has 0 saturated carbocycles. The summed E-state index contributed by atoms with van der Waals surface area (Å²) in [6.45, 7) is 1.18. The molecule has 34 heavy (non-hydrogen) atoms. The number of carboxylic acids is 1. The van der Waals surface area contributed by atoms with Gasteiger partial charge in [0.1, 0.15) is 10.8 Å². The van der Waals surface area contributed by atoms with Gasteiger partial charge in [-0.25, -0.2) is 9.78 Å². The van der Waals surface area contributed by atoms with E-state index in [0.29, 0.717) is 0 Å². The Balaban J connectivity index is 1.96. The predicted octanol–water partition coefficient (Wildman–Crippen LogP) is 6.30. The predicted molar refractivity (Wildman–Crippen MR) is 117 cm³/mol. The van der Waals surface area contributed by atoms with Crippen molar-refractivity contribution in [1.29, 1.82) is 5.26 Å². The number of ether oxygens (including phenoxy) is 1. The lowest BCUT2D eigenvalue weighted by atomic mass is 9.77. The number of carboxylic acid groups (broad SMARTS) is 1. The number of benzene rings is 2. The molecule has 0 spiro atoms. The second-order valence-electron chi connectivity index (χ2n) is 7.28. The van der Waals surface area contributed by atoms with E-state index in [0.717, 1.165) is 24.4 Å². The third kappa shape index (κ3) is 4.80. The number of rotatable bonds is 6. The zero-order valence-corrected chi connectivity index (χ0v) is 18.8. The maximum atomic E-state index is 14.1. The Labute approximate surface area is 201 Å². The van der Waals surface area contributed by atoms with Gasteiger partial charge in [0, 0.05) is 17.1 Å². The highest BCUT2D eigenvalue weighted by Gasteiger charge is 2.58. The maximum absolute atomic E-state index is 14.1. The molecule has 0 aliphatic heterocycles. The summed E-state index contributed by atoms with van der Waals surface area (Å²) in [6, 6.07) is 11.2. The van der Waals surface area contributed by atoms with Crippen LogP contribution >= 0.6 is 23.2 Å². The van der Waals surface area contributed by atoms with E-state index in [1.165, 1.54) is 37.3 Å². The monoisotopic (exact) mass is 510 g/mol. The molecule has 0 bridgehead atoms. The Hall–Kier alpha value is -3.32. The van der Waals surface area contributed by atoms with Crippen molar-refractivity contribution in [2.75, 3.05) is 0 Å². The topological polar surface area (TPSA) is 103 Å². The third-order valence-corrected chi connectivity index (χ3v) is 5.82. The summed E-state index contributed by atoms with van der Waals surface area (Å²) in [4.78, 5) is 14.8. The van der Waals surface area contributed by atoms with Crippen LogP contribution in [0.15, 0.2) is 54.7 Å². The van der Waals surface area contributed by atoms with Crippen LogP contribution in [0.25, 0.3) is 0 Å². The molecule has 0 unspecified atom stereocenters. The Bertz CT molecular complexity index is 1280. The van der Waals surface area contributed by atoms with E-state index in [9.17, 15) is 23.1 Å². The van der Waals surface area contributed by atoms with Crippen LogP contribution in [0.5, 0.6) is 11.6 Å². The lowest BCUT2D eigenvalue weighted by molar-refractivity contribution is -0.274. The van der Waals surface area contributed by atoms with Crippen LogP contribution in [-0.2, 0) is 5.60 Å². The van der Waals surface area contributed by atoms with Crippen molar-refractivity contribution in [2.45, 2.75) is 24.6 Å². The molecule has 0 amide bonds. The number of alkyl halides is 3. The first-order valence-corrected chi connectivity index (χ1v) is 10.3. The fourth-order valence-corrected chi connectivity index (χ4v) is 3.87. The molecule has 3 rings (SSSR count). The van der Waals surface area contributed by atoms with Gasteiger partial charge in [-0.2, -0.15) is 18.4 Å². The fraction of sp³-hybridized carbons (Fsp3) is 0.174. The summed E-state index contributed by atoms with van der Waals surface area (Å²) in [7, 11) is 0. The molecule has 1 aromatic heterocycles. The number of hydrogen-bond donors (Lipinski definition) is 2. The highest BCUT2D eigenvalue weighted by Crippen LogP contribution is 2.50. The average Bonchev–Trinajstić information content (AvgIpc) is 2.78. The molecule has 0 aliphatic rings.